The molecular formula is C16H24BrNO2. The lowest BCUT2D eigenvalue weighted by Gasteiger charge is -2.19. The Bertz CT molecular complexity index is 437. The average molecular weight is 342 g/mol. The first kappa shape index (κ1) is 15.8. The smallest absolute Gasteiger partial charge is 0.125 e. The third-order valence-electron chi connectivity index (χ3n) is 3.45. The van der Waals surface area contributed by atoms with Gasteiger partial charge in [0, 0.05) is 23.5 Å². The third-order valence-corrected chi connectivity index (χ3v) is 3.91. The van der Waals surface area contributed by atoms with E-state index < -0.39 is 0 Å². The summed E-state index contributed by atoms with van der Waals surface area (Å²) in [6.45, 7) is 7.61. The second-order valence-corrected chi connectivity index (χ2v) is 6.10. The van der Waals surface area contributed by atoms with Crippen molar-refractivity contribution in [1.29, 1.82) is 0 Å². The van der Waals surface area contributed by atoms with Gasteiger partial charge in [-0.2, -0.15) is 0 Å². The molecule has 1 aromatic carbocycles. The maximum atomic E-state index is 5.80. The maximum Gasteiger partial charge on any atom is 0.125 e. The van der Waals surface area contributed by atoms with Gasteiger partial charge in [0.05, 0.1) is 13.2 Å². The number of hydrogen-bond donors (Lipinski definition) is 1. The predicted molar refractivity (Wildman–Crippen MR) is 85.6 cm³/mol. The number of halogens is 1. The summed E-state index contributed by atoms with van der Waals surface area (Å²) in [5.41, 5.74) is 2.59. The summed E-state index contributed by atoms with van der Waals surface area (Å²) in [5, 5.41) is 3.50. The molecule has 0 saturated carbocycles. The lowest BCUT2D eigenvalue weighted by molar-refractivity contribution is 0.112. The summed E-state index contributed by atoms with van der Waals surface area (Å²) in [5.74, 6) is 1.09. The van der Waals surface area contributed by atoms with Crippen LogP contribution >= 0.6 is 15.9 Å². The van der Waals surface area contributed by atoms with Gasteiger partial charge in [-0.15, -0.1) is 0 Å². The van der Waals surface area contributed by atoms with E-state index >= 15 is 0 Å². The lowest BCUT2D eigenvalue weighted by Crippen LogP contribution is -2.35. The van der Waals surface area contributed by atoms with Crippen molar-refractivity contribution >= 4 is 15.9 Å². The molecule has 1 atom stereocenters. The van der Waals surface area contributed by atoms with Gasteiger partial charge in [0.15, 0.2) is 0 Å². The van der Waals surface area contributed by atoms with Crippen LogP contribution in [0.5, 0.6) is 5.75 Å². The van der Waals surface area contributed by atoms with Crippen LogP contribution in [0.25, 0.3) is 0 Å². The molecule has 0 radical (unpaired) electrons. The highest BCUT2D eigenvalue weighted by Crippen LogP contribution is 2.33. The molecule has 2 rings (SSSR count). The molecule has 1 aliphatic heterocycles. The van der Waals surface area contributed by atoms with Gasteiger partial charge in [-0.1, -0.05) is 29.8 Å². The molecule has 1 heterocycles. The van der Waals surface area contributed by atoms with Gasteiger partial charge in [-0.3, -0.25) is 0 Å². The molecular weight excluding hydrogens is 318 g/mol. The third kappa shape index (κ3) is 4.21. The van der Waals surface area contributed by atoms with E-state index in [9.17, 15) is 0 Å². The molecule has 1 aliphatic rings. The minimum atomic E-state index is 0.342. The standard InChI is InChI=1S/C16H24BrNO2/c1-3-6-19-11-15(18-4-2)10-13-9-14(17)8-12-5-7-20-16(12)13/h8-9,15,18H,3-7,10-11H2,1-2H3. The summed E-state index contributed by atoms with van der Waals surface area (Å²) >= 11 is 3.60. The maximum absolute atomic E-state index is 5.80. The fourth-order valence-electron chi connectivity index (χ4n) is 2.61. The van der Waals surface area contributed by atoms with E-state index in [1.165, 1.54) is 11.1 Å². The van der Waals surface area contributed by atoms with Crippen molar-refractivity contribution in [3.05, 3.63) is 27.7 Å². The van der Waals surface area contributed by atoms with Crippen LogP contribution in [0.1, 0.15) is 31.4 Å². The molecule has 20 heavy (non-hydrogen) atoms. The first-order valence-electron chi connectivity index (χ1n) is 7.49. The van der Waals surface area contributed by atoms with Crippen molar-refractivity contribution in [2.75, 3.05) is 26.4 Å². The van der Waals surface area contributed by atoms with Gasteiger partial charge >= 0.3 is 0 Å². The molecule has 3 nitrogen and oxygen atoms in total. The summed E-state index contributed by atoms with van der Waals surface area (Å²) in [7, 11) is 0. The summed E-state index contributed by atoms with van der Waals surface area (Å²) in [4.78, 5) is 0. The number of rotatable bonds is 8. The lowest BCUT2D eigenvalue weighted by atomic mass is 10.0. The Morgan fingerprint density at radius 2 is 2.25 bits per heavy atom. The first-order valence-corrected chi connectivity index (χ1v) is 8.29. The highest BCUT2D eigenvalue weighted by atomic mass is 79.9. The van der Waals surface area contributed by atoms with Crippen molar-refractivity contribution in [3.63, 3.8) is 0 Å². The van der Waals surface area contributed by atoms with Crippen LogP contribution in [0.4, 0.5) is 0 Å². The largest absolute Gasteiger partial charge is 0.493 e. The Morgan fingerprint density at radius 3 is 3.00 bits per heavy atom. The van der Waals surface area contributed by atoms with Gasteiger partial charge in [-0.25, -0.2) is 0 Å². The molecule has 1 aromatic rings. The Hall–Kier alpha value is -0.580. The van der Waals surface area contributed by atoms with Crippen molar-refractivity contribution < 1.29 is 9.47 Å². The highest BCUT2D eigenvalue weighted by Gasteiger charge is 2.20. The number of benzene rings is 1. The van der Waals surface area contributed by atoms with Crippen LogP contribution < -0.4 is 10.1 Å². The van der Waals surface area contributed by atoms with E-state index in [4.69, 9.17) is 9.47 Å². The van der Waals surface area contributed by atoms with Crippen LogP contribution in [0.3, 0.4) is 0 Å². The Labute approximate surface area is 130 Å². The zero-order chi connectivity index (χ0) is 14.4. The van der Waals surface area contributed by atoms with Gasteiger partial charge in [-0.05, 0) is 42.6 Å². The zero-order valence-corrected chi connectivity index (χ0v) is 14.0. The second-order valence-electron chi connectivity index (χ2n) is 5.19. The molecule has 1 N–H and O–H groups in total. The van der Waals surface area contributed by atoms with Gasteiger partial charge < -0.3 is 14.8 Å². The van der Waals surface area contributed by atoms with Crippen molar-refractivity contribution in [2.45, 2.75) is 39.2 Å². The Morgan fingerprint density at radius 1 is 1.40 bits per heavy atom. The fourth-order valence-corrected chi connectivity index (χ4v) is 3.16. The first-order chi connectivity index (χ1) is 9.74. The summed E-state index contributed by atoms with van der Waals surface area (Å²) in [6, 6.07) is 4.69. The van der Waals surface area contributed by atoms with Crippen LogP contribution in [0, 0.1) is 0 Å². The second kappa shape index (κ2) is 8.01. The zero-order valence-electron chi connectivity index (χ0n) is 12.4. The summed E-state index contributed by atoms with van der Waals surface area (Å²) < 4.78 is 12.6. The predicted octanol–water partition coefficient (Wildman–Crippen LogP) is 3.33. The molecule has 0 spiro atoms. The Kier molecular flexibility index (Phi) is 6.33. The van der Waals surface area contributed by atoms with E-state index in [0.29, 0.717) is 6.04 Å². The molecule has 112 valence electrons. The highest BCUT2D eigenvalue weighted by molar-refractivity contribution is 9.10. The molecule has 0 amide bonds. The van der Waals surface area contributed by atoms with E-state index in [1.54, 1.807) is 0 Å². The van der Waals surface area contributed by atoms with Crippen molar-refractivity contribution in [3.8, 4) is 5.75 Å². The number of ether oxygens (including phenoxy) is 2. The van der Waals surface area contributed by atoms with E-state index in [0.717, 1.165) is 55.9 Å². The van der Waals surface area contributed by atoms with E-state index in [1.807, 2.05) is 0 Å². The molecule has 0 aliphatic carbocycles. The Balaban J connectivity index is 2.06. The molecule has 0 bridgehead atoms. The number of fused-ring (bicyclic) bond motifs is 1. The topological polar surface area (TPSA) is 30.5 Å². The van der Waals surface area contributed by atoms with Gasteiger partial charge in [0.2, 0.25) is 0 Å². The molecule has 0 saturated heterocycles. The average Bonchev–Trinajstić information content (AvgIpc) is 2.87. The molecule has 0 fully saturated rings. The fraction of sp³-hybridized carbons (Fsp3) is 0.625. The SMILES string of the molecule is CCCOCC(Cc1cc(Br)cc2c1OCC2)NCC. The molecule has 1 unspecified atom stereocenters. The number of likely N-dealkylation sites (N-methyl/N-ethyl adjacent to an activating group) is 1. The quantitative estimate of drug-likeness (QED) is 0.735. The minimum Gasteiger partial charge on any atom is -0.493 e. The van der Waals surface area contributed by atoms with Gasteiger partial charge in [0.25, 0.3) is 0 Å². The number of hydrogen-bond acceptors (Lipinski definition) is 3. The normalized spacial score (nSPS) is 14.9. The van der Waals surface area contributed by atoms with Gasteiger partial charge in [0.1, 0.15) is 5.75 Å². The van der Waals surface area contributed by atoms with Crippen LogP contribution in [0.2, 0.25) is 0 Å². The molecule has 4 heteroatoms. The van der Waals surface area contributed by atoms with Crippen molar-refractivity contribution in [2.24, 2.45) is 0 Å². The number of nitrogens with one attached hydrogen (secondary N) is 1. The van der Waals surface area contributed by atoms with E-state index in [-0.39, 0.29) is 0 Å². The minimum absolute atomic E-state index is 0.342. The molecule has 0 aromatic heterocycles. The van der Waals surface area contributed by atoms with Crippen molar-refractivity contribution in [1.82, 2.24) is 5.32 Å². The van der Waals surface area contributed by atoms with Crippen LogP contribution in [0.15, 0.2) is 16.6 Å². The van der Waals surface area contributed by atoms with Crippen LogP contribution in [-0.4, -0.2) is 32.4 Å². The summed E-state index contributed by atoms with van der Waals surface area (Å²) in [6.07, 6.45) is 3.02. The van der Waals surface area contributed by atoms with E-state index in [2.05, 4.69) is 47.2 Å². The van der Waals surface area contributed by atoms with Crippen LogP contribution in [-0.2, 0) is 17.6 Å². The monoisotopic (exact) mass is 341 g/mol.